The van der Waals surface area contributed by atoms with Crippen LogP contribution in [0.5, 0.6) is 0 Å². The molecule has 0 fully saturated rings. The predicted molar refractivity (Wildman–Crippen MR) is 375 cm³/mol. The number of allylic oxidation sites excluding steroid dienone is 20. The molecule has 4 aromatic carbocycles. The Morgan fingerprint density at radius 2 is 0.528 bits per heavy atom. The molecule has 8 aliphatic rings. The molecule has 30 nitrogen and oxygen atoms in total. The fourth-order valence-corrected chi connectivity index (χ4v) is 14.7. The third kappa shape index (κ3) is 22.4. The topological polar surface area (TPSA) is 510 Å². The third-order valence-corrected chi connectivity index (χ3v) is 21.0. The van der Waals surface area contributed by atoms with E-state index < -0.39 is 119 Å². The van der Waals surface area contributed by atoms with Crippen LogP contribution in [-0.4, -0.2) is 131 Å². The maximum absolute atomic E-state index is 13.0. The van der Waals surface area contributed by atoms with Crippen LogP contribution in [-0.2, 0) is 40.5 Å². The fourth-order valence-electron chi connectivity index (χ4n) is 12.2. The summed E-state index contributed by atoms with van der Waals surface area (Å²) >= 11 is 0. The summed E-state index contributed by atoms with van der Waals surface area (Å²) in [6.07, 6.45) is 15.9. The molecule has 4 aromatic rings. The summed E-state index contributed by atoms with van der Waals surface area (Å²) < 4.78 is 137. The van der Waals surface area contributed by atoms with Crippen molar-refractivity contribution in [2.45, 2.75) is 51.4 Å². The first kappa shape index (κ1) is 87.7. The van der Waals surface area contributed by atoms with Crippen LogP contribution >= 0.6 is 0 Å². The number of aliphatic hydroxyl groups is 4. The number of carbonyl (C=O) groups excluding carboxylic acids is 6. The van der Waals surface area contributed by atoms with Crippen molar-refractivity contribution < 1.29 is 219 Å². The molecule has 8 N–H and O–H groups in total. The zero-order chi connectivity index (χ0) is 74.7. The zero-order valence-electron chi connectivity index (χ0n) is 57.7. The molecule has 0 radical (unpaired) electrons. The summed E-state index contributed by atoms with van der Waals surface area (Å²) in [4.78, 5) is 92.4. The van der Waals surface area contributed by atoms with Gasteiger partial charge in [0.1, 0.15) is 63.5 Å². The first-order valence-corrected chi connectivity index (χ1v) is 36.8. The Hall–Kier alpha value is -7.50. The van der Waals surface area contributed by atoms with E-state index >= 15 is 0 Å². The summed E-state index contributed by atoms with van der Waals surface area (Å²) in [6.45, 7) is 0. The molecule has 0 aromatic heterocycles. The van der Waals surface area contributed by atoms with Gasteiger partial charge in [-0.3, -0.25) is 19.2 Å². The molecule has 8 aliphatic carbocycles. The Bertz CT molecular complexity index is 4830. The summed E-state index contributed by atoms with van der Waals surface area (Å²) in [5, 5.41) is 51.8. The fraction of sp³-hybridized carbons (Fsp3) is 0.171. The van der Waals surface area contributed by atoms with Crippen LogP contribution in [0.4, 0.5) is 32.3 Å². The Balaban J connectivity index is 0.000000290. The van der Waals surface area contributed by atoms with Gasteiger partial charge in [-0.05, 0) is 169 Å². The van der Waals surface area contributed by atoms with Crippen molar-refractivity contribution in [3.8, 4) is 0 Å². The molecule has 12 rings (SSSR count). The minimum absolute atomic E-state index is 0. The van der Waals surface area contributed by atoms with Crippen molar-refractivity contribution in [3.05, 3.63) is 257 Å². The normalized spacial score (nSPS) is 20.9. The largest absolute Gasteiger partial charge is 1.00 e. The maximum atomic E-state index is 13.0. The summed E-state index contributed by atoms with van der Waals surface area (Å²) in [5.41, 5.74) is 4.52. The van der Waals surface area contributed by atoms with Gasteiger partial charge >= 0.3 is 130 Å². The second kappa shape index (κ2) is 36.6. The average molecular weight is 1580 g/mol. The first-order chi connectivity index (χ1) is 49.1. The van der Waals surface area contributed by atoms with Crippen LogP contribution in [0.25, 0.3) is 0 Å². The number of amides is 8. The quantitative estimate of drug-likeness (QED) is 0.0556. The minimum atomic E-state index is -4.71. The monoisotopic (exact) mass is 1580 g/mol. The Morgan fingerprint density at radius 1 is 0.333 bits per heavy atom. The number of hydrogen-bond donors (Lipinski definition) is 8. The molecule has 108 heavy (non-hydrogen) atoms. The number of rotatable bonds is 12. The van der Waals surface area contributed by atoms with E-state index in [4.69, 9.17) is 0 Å². The van der Waals surface area contributed by atoms with Crippen LogP contribution in [0.1, 0.15) is 92.8 Å². The molecule has 0 saturated carbocycles. The van der Waals surface area contributed by atoms with E-state index in [1.165, 1.54) is 97.1 Å². The number of aliphatic imine (C=N–C) groups is 4. The number of benzene rings is 4. The van der Waals surface area contributed by atoms with Gasteiger partial charge in [0.15, 0.2) is 0 Å². The van der Waals surface area contributed by atoms with Crippen LogP contribution in [0, 0.1) is 23.7 Å². The van der Waals surface area contributed by atoms with E-state index in [0.717, 1.165) is 24.3 Å². The number of carbonyl (C=O) groups is 6. The van der Waals surface area contributed by atoms with E-state index in [2.05, 4.69) is 41.2 Å². The van der Waals surface area contributed by atoms with E-state index in [-0.39, 0.29) is 238 Å². The van der Waals surface area contributed by atoms with Crippen molar-refractivity contribution in [2.75, 3.05) is 21.3 Å². The molecule has 0 heterocycles. The molecule has 0 saturated heterocycles. The SMILES string of the molecule is O=C(Nc1cccc(C(=O)N=C2C=CC3CC(S(=O)(=O)[O-])=CC(O)=C3C2)c1)Nc1cccc(C(=O)N=C2C=CC3CC(S(=O)(=O)[O-])=CC(O)=C3C2)c1.O=C(Nc1cccc(C(=O)N=C2C=CC3CC(S(=O)(=O)[O-])=CC(O)=C3C2)c1)Nc1cccc(C(=O)N=C2C=CC3CC(S(=O)(=O)[O-])=CC(O)=C3C2)c1.[Na+].[Na+].[Na+].[Na+]. The number of aliphatic hydroxyl groups excluding tert-OH is 4. The number of fused-ring (bicyclic) bond motifs is 4. The molecule has 4 unspecified atom stereocenters. The zero-order valence-corrected chi connectivity index (χ0v) is 69.0. The maximum Gasteiger partial charge on any atom is 1.00 e. The van der Waals surface area contributed by atoms with E-state index in [1.54, 1.807) is 48.6 Å². The Morgan fingerprint density at radius 3 is 0.713 bits per heavy atom. The van der Waals surface area contributed by atoms with Crippen molar-refractivity contribution in [3.63, 3.8) is 0 Å². The number of hydrogen-bond acceptors (Lipinski definition) is 22. The van der Waals surface area contributed by atoms with Gasteiger partial charge < -0.3 is 59.9 Å². The summed E-state index contributed by atoms with van der Waals surface area (Å²) in [5.74, 6) is -6.07. The molecule has 0 spiro atoms. The van der Waals surface area contributed by atoms with E-state index in [9.17, 15) is 101 Å². The molecular weight excluding hydrogens is 1530 g/mol. The van der Waals surface area contributed by atoms with Crippen molar-refractivity contribution >= 4 is 122 Å². The minimum Gasteiger partial charge on any atom is -0.744 e. The van der Waals surface area contributed by atoms with Gasteiger partial charge in [0.05, 0.1) is 0 Å². The average Bonchev–Trinajstić information content (AvgIpc) is 0.803. The van der Waals surface area contributed by atoms with Crippen LogP contribution < -0.4 is 139 Å². The van der Waals surface area contributed by atoms with Crippen molar-refractivity contribution in [2.24, 2.45) is 43.6 Å². The molecule has 38 heteroatoms. The van der Waals surface area contributed by atoms with Gasteiger partial charge in [0, 0.05) is 137 Å². The molecule has 0 bridgehead atoms. The van der Waals surface area contributed by atoms with Gasteiger partial charge in [-0.1, -0.05) is 48.6 Å². The second-order valence-electron chi connectivity index (χ2n) is 24.4. The second-order valence-corrected chi connectivity index (χ2v) is 30.1. The molecular formula is C70H56N8Na4O22S4. The Labute approximate surface area is 706 Å². The number of urea groups is 2. The van der Waals surface area contributed by atoms with Gasteiger partial charge in [0.25, 0.3) is 23.6 Å². The van der Waals surface area contributed by atoms with Crippen LogP contribution in [0.3, 0.4) is 0 Å². The predicted octanol–water partition coefficient (Wildman–Crippen LogP) is -2.11. The number of nitrogens with one attached hydrogen (secondary N) is 4. The molecule has 0 aliphatic heterocycles. The van der Waals surface area contributed by atoms with Crippen LogP contribution in [0.2, 0.25) is 0 Å². The van der Waals surface area contributed by atoms with Gasteiger partial charge in [-0.25, -0.2) is 63.2 Å². The van der Waals surface area contributed by atoms with Gasteiger partial charge in [-0.2, -0.15) is 0 Å². The van der Waals surface area contributed by atoms with E-state index in [0.29, 0.717) is 45.1 Å². The number of anilines is 4. The first-order valence-electron chi connectivity index (χ1n) is 31.2. The van der Waals surface area contributed by atoms with E-state index in [1.807, 2.05) is 0 Å². The van der Waals surface area contributed by atoms with Crippen LogP contribution in [0.15, 0.2) is 255 Å². The molecule has 8 amide bonds. The molecule has 4 atom stereocenters. The molecule has 536 valence electrons. The number of nitrogens with zero attached hydrogens (tertiary/aromatic N) is 4. The summed E-state index contributed by atoms with van der Waals surface area (Å²) in [7, 11) is -18.8. The van der Waals surface area contributed by atoms with Gasteiger partial charge in [-0.15, -0.1) is 0 Å². The Kier molecular flexibility index (Phi) is 29.7. The van der Waals surface area contributed by atoms with Crippen molar-refractivity contribution in [1.29, 1.82) is 0 Å². The summed E-state index contributed by atoms with van der Waals surface area (Å²) in [6, 6.07) is 22.5. The van der Waals surface area contributed by atoms with Crippen molar-refractivity contribution in [1.82, 2.24) is 0 Å². The third-order valence-electron chi connectivity index (χ3n) is 17.3. The standard InChI is InChI=1S/2C35H30N4O11S2.4Na/c2*40-31-17-27(51(45,46)47)13-19-7-9-25(15-29(19)31)36-33(42)21-3-1-5-23(11-21)38-35(44)39-24-6-2-4-22(12-24)34(43)37-26-10-8-20-14-28(52(48,49)50)18-32(41)30(20)16-26;;;;/h2*1-12,17-20,40-41H,13-16H2,(H2,38,39,44)(H,45,46,47)(H,48,49,50);;;;/q;;4*+1/p-4. The smallest absolute Gasteiger partial charge is 0.744 e. The van der Waals surface area contributed by atoms with Gasteiger partial charge in [0.2, 0.25) is 0 Å².